The average Bonchev–Trinajstić information content (AvgIpc) is 3.03. The number of para-hydroxylation sites is 1. The predicted molar refractivity (Wildman–Crippen MR) is 73.0 cm³/mol. The molecule has 0 atom stereocenters. The van der Waals surface area contributed by atoms with Gasteiger partial charge in [-0.25, -0.2) is 4.79 Å². The van der Waals surface area contributed by atoms with Crippen LogP contribution in [0.3, 0.4) is 0 Å². The van der Waals surface area contributed by atoms with Gasteiger partial charge in [-0.15, -0.1) is 0 Å². The predicted octanol–water partition coefficient (Wildman–Crippen LogP) is 2.24. The number of benzene rings is 1. The Hall–Kier alpha value is -3.02. The normalized spacial score (nSPS) is 10.5. The van der Waals surface area contributed by atoms with E-state index < -0.39 is 5.97 Å². The van der Waals surface area contributed by atoms with Gasteiger partial charge in [0.25, 0.3) is 0 Å². The lowest BCUT2D eigenvalue weighted by Gasteiger charge is -2.02. The smallest absolute Gasteiger partial charge is 0.373 e. The molecule has 1 aromatic carbocycles. The first-order chi connectivity index (χ1) is 10.2. The van der Waals surface area contributed by atoms with Gasteiger partial charge in [0.05, 0.1) is 23.7 Å². The molecular formula is C15H10N2O4. The lowest BCUT2D eigenvalue weighted by Crippen LogP contribution is -2.03. The molecule has 2 aromatic heterocycles. The lowest BCUT2D eigenvalue weighted by molar-refractivity contribution is 0.0563. The van der Waals surface area contributed by atoms with E-state index in [9.17, 15) is 9.59 Å². The number of nitrogens with zero attached hydrogens (tertiary/aromatic N) is 2. The summed E-state index contributed by atoms with van der Waals surface area (Å²) in [6.07, 6.45) is 3.07. The van der Waals surface area contributed by atoms with Crippen molar-refractivity contribution in [3.05, 3.63) is 59.8 Å². The van der Waals surface area contributed by atoms with Crippen molar-refractivity contribution in [3.8, 4) is 0 Å². The van der Waals surface area contributed by atoms with Gasteiger partial charge in [-0.2, -0.15) is 0 Å². The fraction of sp³-hybridized carbons (Fsp3) is 0.0667. The zero-order valence-electron chi connectivity index (χ0n) is 11.1. The van der Waals surface area contributed by atoms with Crippen LogP contribution in [0.25, 0.3) is 11.0 Å². The molecule has 2 heterocycles. The number of carbonyl (C=O) groups excluding carboxylic acids is 2. The molecule has 21 heavy (non-hydrogen) atoms. The molecule has 0 saturated heterocycles. The summed E-state index contributed by atoms with van der Waals surface area (Å²) >= 11 is 0. The van der Waals surface area contributed by atoms with Gasteiger partial charge in [-0.3, -0.25) is 14.8 Å². The van der Waals surface area contributed by atoms with E-state index in [1.165, 1.54) is 25.4 Å². The van der Waals surface area contributed by atoms with Crippen molar-refractivity contribution in [1.29, 1.82) is 0 Å². The third-order valence-corrected chi connectivity index (χ3v) is 2.96. The van der Waals surface area contributed by atoms with E-state index in [1.54, 1.807) is 24.4 Å². The fourth-order valence-electron chi connectivity index (χ4n) is 1.98. The number of methoxy groups -OCH3 is 1. The van der Waals surface area contributed by atoms with Gasteiger partial charge in [0, 0.05) is 12.4 Å². The Morgan fingerprint density at radius 3 is 2.62 bits per heavy atom. The van der Waals surface area contributed by atoms with Crippen molar-refractivity contribution >= 4 is 22.8 Å². The van der Waals surface area contributed by atoms with Crippen molar-refractivity contribution < 1.29 is 18.7 Å². The maximum Gasteiger partial charge on any atom is 0.373 e. The van der Waals surface area contributed by atoms with Crippen LogP contribution in [-0.2, 0) is 4.74 Å². The number of esters is 1. The molecule has 0 N–H and O–H groups in total. The molecule has 104 valence electrons. The molecule has 3 aromatic rings. The summed E-state index contributed by atoms with van der Waals surface area (Å²) in [6.45, 7) is 0. The van der Waals surface area contributed by atoms with Crippen LogP contribution < -0.4 is 0 Å². The summed E-state index contributed by atoms with van der Waals surface area (Å²) in [5.74, 6) is -0.969. The zero-order chi connectivity index (χ0) is 14.8. The molecule has 0 unspecified atom stereocenters. The number of hydrogen-bond donors (Lipinski definition) is 0. The van der Waals surface area contributed by atoms with E-state index in [4.69, 9.17) is 4.42 Å². The first-order valence-corrected chi connectivity index (χ1v) is 6.13. The number of aromatic nitrogens is 2. The van der Waals surface area contributed by atoms with Crippen molar-refractivity contribution in [2.75, 3.05) is 7.11 Å². The summed E-state index contributed by atoms with van der Waals surface area (Å²) in [5.41, 5.74) is 1.47. The Bertz CT molecular complexity index is 833. The lowest BCUT2D eigenvalue weighted by atomic mass is 10.1. The number of rotatable bonds is 3. The second-order valence-electron chi connectivity index (χ2n) is 4.21. The standard InChI is InChI=1S/C15H10N2O4/c1-20-15(19)12-6-5-11(21-12)14(18)9-3-2-4-10-13(9)17-8-7-16-10/h2-8H,1H3. The average molecular weight is 282 g/mol. The van der Waals surface area contributed by atoms with Crippen molar-refractivity contribution in [2.45, 2.75) is 0 Å². The molecule has 0 aliphatic carbocycles. The highest BCUT2D eigenvalue weighted by atomic mass is 16.5. The van der Waals surface area contributed by atoms with E-state index in [0.29, 0.717) is 16.6 Å². The number of ether oxygens (including phenoxy) is 1. The Kier molecular flexibility index (Phi) is 3.19. The summed E-state index contributed by atoms with van der Waals surface area (Å²) in [5, 5.41) is 0. The molecule has 0 fully saturated rings. The highest BCUT2D eigenvalue weighted by molar-refractivity contribution is 6.14. The Morgan fingerprint density at radius 1 is 1.05 bits per heavy atom. The third-order valence-electron chi connectivity index (χ3n) is 2.96. The summed E-state index contributed by atoms with van der Waals surface area (Å²) in [6, 6.07) is 7.95. The van der Waals surface area contributed by atoms with E-state index in [-0.39, 0.29) is 17.3 Å². The first-order valence-electron chi connectivity index (χ1n) is 6.13. The molecule has 6 heteroatoms. The molecule has 6 nitrogen and oxygen atoms in total. The van der Waals surface area contributed by atoms with Gasteiger partial charge in [-0.1, -0.05) is 6.07 Å². The van der Waals surface area contributed by atoms with E-state index in [2.05, 4.69) is 14.7 Å². The molecule has 3 rings (SSSR count). The summed E-state index contributed by atoms with van der Waals surface area (Å²) in [7, 11) is 1.24. The molecule has 0 radical (unpaired) electrons. The van der Waals surface area contributed by atoms with E-state index in [0.717, 1.165) is 0 Å². The minimum absolute atomic E-state index is 0.0211. The van der Waals surface area contributed by atoms with Crippen LogP contribution in [0.1, 0.15) is 26.7 Å². The number of hydrogen-bond acceptors (Lipinski definition) is 6. The van der Waals surface area contributed by atoms with Gasteiger partial charge in [0.1, 0.15) is 0 Å². The Balaban J connectivity index is 2.05. The SMILES string of the molecule is COC(=O)c1ccc(C(=O)c2cccc3nccnc23)o1. The minimum Gasteiger partial charge on any atom is -0.463 e. The second kappa shape index (κ2) is 5.16. The van der Waals surface area contributed by atoms with Crippen LogP contribution in [0.2, 0.25) is 0 Å². The van der Waals surface area contributed by atoms with Crippen LogP contribution in [-0.4, -0.2) is 28.8 Å². The fourth-order valence-corrected chi connectivity index (χ4v) is 1.98. The van der Waals surface area contributed by atoms with Gasteiger partial charge >= 0.3 is 5.97 Å². The monoisotopic (exact) mass is 282 g/mol. The number of ketones is 1. The van der Waals surface area contributed by atoms with Crippen LogP contribution >= 0.6 is 0 Å². The van der Waals surface area contributed by atoms with Crippen LogP contribution in [0.5, 0.6) is 0 Å². The molecular weight excluding hydrogens is 272 g/mol. The Labute approximate surface area is 119 Å². The van der Waals surface area contributed by atoms with Crippen LogP contribution in [0.15, 0.2) is 47.1 Å². The number of carbonyl (C=O) groups is 2. The van der Waals surface area contributed by atoms with Gasteiger partial charge in [0.2, 0.25) is 11.5 Å². The highest BCUT2D eigenvalue weighted by Gasteiger charge is 2.19. The van der Waals surface area contributed by atoms with E-state index >= 15 is 0 Å². The molecule has 0 aliphatic rings. The zero-order valence-corrected chi connectivity index (χ0v) is 11.1. The van der Waals surface area contributed by atoms with Gasteiger partial charge < -0.3 is 9.15 Å². The molecule has 0 bridgehead atoms. The minimum atomic E-state index is -0.633. The molecule has 0 saturated carbocycles. The molecule has 0 amide bonds. The van der Waals surface area contributed by atoms with Crippen molar-refractivity contribution in [1.82, 2.24) is 9.97 Å². The number of furan rings is 1. The van der Waals surface area contributed by atoms with Gasteiger partial charge in [-0.05, 0) is 24.3 Å². The second-order valence-corrected chi connectivity index (χ2v) is 4.21. The van der Waals surface area contributed by atoms with Crippen LogP contribution in [0.4, 0.5) is 0 Å². The van der Waals surface area contributed by atoms with Crippen molar-refractivity contribution in [2.24, 2.45) is 0 Å². The van der Waals surface area contributed by atoms with Crippen molar-refractivity contribution in [3.63, 3.8) is 0 Å². The van der Waals surface area contributed by atoms with Crippen LogP contribution in [0, 0.1) is 0 Å². The van der Waals surface area contributed by atoms with E-state index in [1.807, 2.05) is 0 Å². The quantitative estimate of drug-likeness (QED) is 0.541. The maximum absolute atomic E-state index is 12.5. The third kappa shape index (κ3) is 2.27. The van der Waals surface area contributed by atoms with Gasteiger partial charge in [0.15, 0.2) is 5.76 Å². The maximum atomic E-state index is 12.5. The largest absolute Gasteiger partial charge is 0.463 e. The number of fused-ring (bicyclic) bond motifs is 1. The first kappa shape index (κ1) is 13.0. The summed E-state index contributed by atoms with van der Waals surface area (Å²) in [4.78, 5) is 32.1. The molecule has 0 aliphatic heterocycles. The topological polar surface area (TPSA) is 82.3 Å². The molecule has 0 spiro atoms. The summed E-state index contributed by atoms with van der Waals surface area (Å²) < 4.78 is 9.77. The highest BCUT2D eigenvalue weighted by Crippen LogP contribution is 2.19. The Morgan fingerprint density at radius 2 is 1.81 bits per heavy atom.